The van der Waals surface area contributed by atoms with Crippen molar-refractivity contribution in [1.29, 1.82) is 0 Å². The van der Waals surface area contributed by atoms with E-state index in [1.54, 1.807) is 0 Å². The highest BCUT2D eigenvalue weighted by Gasteiger charge is 2.30. The minimum absolute atomic E-state index is 0.0306. The minimum atomic E-state index is -0.209. The molecule has 0 N–H and O–H groups in total. The summed E-state index contributed by atoms with van der Waals surface area (Å²) >= 11 is 0. The third kappa shape index (κ3) is 10.1. The summed E-state index contributed by atoms with van der Waals surface area (Å²) in [5.74, 6) is 3.05. The number of benzene rings is 7. The van der Waals surface area contributed by atoms with Crippen LogP contribution in [0.3, 0.4) is 0 Å². The lowest BCUT2D eigenvalue weighted by atomic mass is 9.78. The van der Waals surface area contributed by atoms with E-state index in [-0.39, 0.29) is 21.7 Å². The molecular weight excluding hydrogens is 925 g/mol. The van der Waals surface area contributed by atoms with Gasteiger partial charge in [-0.2, -0.15) is 0 Å². The summed E-state index contributed by atoms with van der Waals surface area (Å²) in [5.41, 5.74) is 17.9. The van der Waals surface area contributed by atoms with Gasteiger partial charge in [-0.05, 0) is 144 Å². The monoisotopic (exact) mass is 1000 g/mol. The Bertz CT molecular complexity index is 3570. The maximum absolute atomic E-state index is 7.28. The van der Waals surface area contributed by atoms with E-state index >= 15 is 0 Å². The van der Waals surface area contributed by atoms with Gasteiger partial charge in [0.05, 0.1) is 23.4 Å². The molecule has 0 bridgehead atoms. The van der Waals surface area contributed by atoms with Gasteiger partial charge in [-0.15, -0.1) is 0 Å². The van der Waals surface area contributed by atoms with Crippen LogP contribution in [0, 0.1) is 0 Å². The van der Waals surface area contributed by atoms with Crippen molar-refractivity contribution in [2.45, 2.75) is 137 Å². The molecule has 0 amide bonds. The van der Waals surface area contributed by atoms with Crippen molar-refractivity contribution in [1.82, 2.24) is 9.55 Å². The van der Waals surface area contributed by atoms with Crippen LogP contribution in [-0.4, -0.2) is 16.2 Å². The Balaban J connectivity index is 1.15. The Hall–Kier alpha value is -7.37. The molecule has 10 rings (SSSR count). The smallest absolute Gasteiger partial charge is 0.137 e. The second-order valence-electron chi connectivity index (χ2n) is 25.5. The molecule has 0 saturated carbocycles. The van der Waals surface area contributed by atoms with Crippen LogP contribution in [0.2, 0.25) is 0 Å². The third-order valence-electron chi connectivity index (χ3n) is 15.8. The maximum Gasteiger partial charge on any atom is 0.137 e. The molecule has 0 atom stereocenters. The van der Waals surface area contributed by atoms with Crippen LogP contribution >= 0.6 is 0 Å². The summed E-state index contributed by atoms with van der Waals surface area (Å²) in [7, 11) is 0. The number of aromatic nitrogens is 2. The van der Waals surface area contributed by atoms with Crippen LogP contribution < -0.4 is 14.5 Å². The van der Waals surface area contributed by atoms with Crippen molar-refractivity contribution in [3.63, 3.8) is 0 Å². The molecule has 76 heavy (non-hydrogen) atoms. The van der Waals surface area contributed by atoms with Crippen molar-refractivity contribution in [2.75, 3.05) is 16.5 Å². The molecule has 5 nitrogen and oxygen atoms in total. The fraction of sp³-hybridized carbons (Fsp3) is 0.310. The van der Waals surface area contributed by atoms with Crippen LogP contribution in [0.1, 0.15) is 160 Å². The number of fused-ring (bicyclic) bond motifs is 3. The molecule has 0 radical (unpaired) electrons. The molecule has 2 aromatic heterocycles. The largest absolute Gasteiger partial charge is 0.457 e. The molecule has 0 spiro atoms. The zero-order valence-corrected chi connectivity index (χ0v) is 47.8. The highest BCUT2D eigenvalue weighted by molar-refractivity contribution is 6.10. The summed E-state index contributed by atoms with van der Waals surface area (Å²) < 4.78 is 9.61. The summed E-state index contributed by atoms with van der Waals surface area (Å²) in [5, 5.41) is 2.34. The quantitative estimate of drug-likeness (QED) is 0.129. The molecule has 1 aliphatic heterocycles. The van der Waals surface area contributed by atoms with E-state index in [1.807, 2.05) is 6.20 Å². The first-order valence-corrected chi connectivity index (χ1v) is 27.5. The standard InChI is InChI=1S/C71H78N4O/c1-46(2)59-27-22-28-60(47(3)4)67(59)49-35-55(73-44-65(48-23-18-16-19-24-48)74(45-73)56-38-53(69(8,9)10)37-54(39-56)70(11,12)13)42-58(36-49)76-57-30-31-61-62-40-52(71(14,15)50-25-20-17-21-26-50)29-32-63(62)75(64(61)43-57)66-41-51(33-34-72-66)68(5,6)7/h16-44,46-47H,45H2,1-15H3. The van der Waals surface area contributed by atoms with Gasteiger partial charge in [-0.25, -0.2) is 4.98 Å². The van der Waals surface area contributed by atoms with Gasteiger partial charge in [-0.1, -0.05) is 195 Å². The second kappa shape index (κ2) is 19.6. The van der Waals surface area contributed by atoms with E-state index in [0.717, 1.165) is 50.7 Å². The van der Waals surface area contributed by atoms with E-state index in [0.29, 0.717) is 18.5 Å². The zero-order valence-electron chi connectivity index (χ0n) is 47.8. The van der Waals surface area contributed by atoms with Gasteiger partial charge in [0.25, 0.3) is 0 Å². The predicted octanol–water partition coefficient (Wildman–Crippen LogP) is 19.4. The molecule has 3 heterocycles. The molecule has 5 heteroatoms. The maximum atomic E-state index is 7.28. The molecule has 7 aromatic carbocycles. The van der Waals surface area contributed by atoms with Gasteiger partial charge in [0.1, 0.15) is 17.3 Å². The number of anilines is 2. The zero-order chi connectivity index (χ0) is 54.1. The van der Waals surface area contributed by atoms with Crippen LogP contribution in [0.25, 0.3) is 44.4 Å². The van der Waals surface area contributed by atoms with E-state index in [4.69, 9.17) is 9.72 Å². The number of hydrogen-bond acceptors (Lipinski definition) is 4. The van der Waals surface area contributed by atoms with Crippen molar-refractivity contribution in [3.8, 4) is 28.4 Å². The van der Waals surface area contributed by atoms with Gasteiger partial charge in [0.15, 0.2) is 0 Å². The van der Waals surface area contributed by atoms with Crippen LogP contribution in [0.15, 0.2) is 176 Å². The summed E-state index contributed by atoms with van der Waals surface area (Å²) in [6.07, 6.45) is 4.29. The van der Waals surface area contributed by atoms with Gasteiger partial charge in [0.2, 0.25) is 0 Å². The molecule has 0 unspecified atom stereocenters. The van der Waals surface area contributed by atoms with E-state index < -0.39 is 0 Å². The van der Waals surface area contributed by atoms with Crippen molar-refractivity contribution in [2.24, 2.45) is 0 Å². The average Bonchev–Trinajstić information content (AvgIpc) is 3.98. The number of rotatable bonds is 11. The molecule has 9 aromatic rings. The number of nitrogens with zero attached hydrogens (tertiary/aromatic N) is 4. The molecule has 1 aliphatic rings. The molecule has 0 fully saturated rings. The Morgan fingerprint density at radius 2 is 1.09 bits per heavy atom. The lowest BCUT2D eigenvalue weighted by molar-refractivity contribution is 0.483. The van der Waals surface area contributed by atoms with E-state index in [2.05, 4.69) is 288 Å². The SMILES string of the molecule is CC(C)c1cccc(C(C)C)c1-c1cc(Oc2ccc3c4cc(C(C)(C)c5ccccc5)ccc4n(-c4cc(C(C)(C)C)ccn4)c3c2)cc(N2C=C(c3ccccc3)N(c3cc(C(C)(C)C)cc(C(C)(C)C)c3)C2)c1. The van der Waals surface area contributed by atoms with Gasteiger partial charge in [0, 0.05) is 52.1 Å². The first-order chi connectivity index (χ1) is 35.9. The summed E-state index contributed by atoms with van der Waals surface area (Å²) in [6, 6.07) is 60.6. The number of hydrogen-bond donors (Lipinski definition) is 0. The third-order valence-corrected chi connectivity index (χ3v) is 15.8. The Kier molecular flexibility index (Phi) is 13.5. The van der Waals surface area contributed by atoms with Crippen molar-refractivity contribution in [3.05, 3.63) is 221 Å². The number of ether oxygens (including phenoxy) is 1. The highest BCUT2D eigenvalue weighted by atomic mass is 16.5. The van der Waals surface area contributed by atoms with Crippen LogP contribution in [0.5, 0.6) is 11.5 Å². The minimum Gasteiger partial charge on any atom is -0.457 e. The predicted molar refractivity (Wildman–Crippen MR) is 324 cm³/mol. The van der Waals surface area contributed by atoms with Crippen molar-refractivity contribution >= 4 is 38.9 Å². The molecule has 0 aliphatic carbocycles. The van der Waals surface area contributed by atoms with Crippen LogP contribution in [0.4, 0.5) is 11.4 Å². The molecule has 388 valence electrons. The van der Waals surface area contributed by atoms with Gasteiger partial charge < -0.3 is 14.5 Å². The highest BCUT2D eigenvalue weighted by Crippen LogP contribution is 2.45. The van der Waals surface area contributed by atoms with Crippen LogP contribution in [-0.2, 0) is 21.7 Å². The Morgan fingerprint density at radius 3 is 1.71 bits per heavy atom. The fourth-order valence-corrected chi connectivity index (χ4v) is 11.0. The van der Waals surface area contributed by atoms with E-state index in [1.165, 1.54) is 61.1 Å². The first-order valence-electron chi connectivity index (χ1n) is 27.5. The summed E-state index contributed by atoms with van der Waals surface area (Å²) in [4.78, 5) is 9.98. The van der Waals surface area contributed by atoms with Gasteiger partial charge >= 0.3 is 0 Å². The Morgan fingerprint density at radius 1 is 0.461 bits per heavy atom. The molecular formula is C71H78N4O. The lowest BCUT2D eigenvalue weighted by Crippen LogP contribution is -2.27. The first kappa shape index (κ1) is 52.1. The summed E-state index contributed by atoms with van der Waals surface area (Å²) in [6.45, 7) is 35.2. The Labute approximate surface area is 453 Å². The lowest BCUT2D eigenvalue weighted by Gasteiger charge is -2.30. The second-order valence-corrected chi connectivity index (χ2v) is 25.5. The average molecular weight is 1000 g/mol. The van der Waals surface area contributed by atoms with Crippen molar-refractivity contribution < 1.29 is 4.74 Å². The number of pyridine rings is 1. The van der Waals surface area contributed by atoms with Gasteiger partial charge in [-0.3, -0.25) is 4.57 Å². The normalized spacial score (nSPS) is 13.7. The van der Waals surface area contributed by atoms with E-state index in [9.17, 15) is 0 Å². The fourth-order valence-electron chi connectivity index (χ4n) is 11.0. The topological polar surface area (TPSA) is 33.5 Å². The molecule has 0 saturated heterocycles.